The predicted octanol–water partition coefficient (Wildman–Crippen LogP) is 3.32. The Bertz CT molecular complexity index is 162. The van der Waals surface area contributed by atoms with Gasteiger partial charge in [-0.1, -0.05) is 20.8 Å². The molecule has 3 atom stereocenters. The second kappa shape index (κ2) is 2.42. The van der Waals surface area contributed by atoms with Crippen LogP contribution in [0, 0.1) is 11.8 Å². The summed E-state index contributed by atoms with van der Waals surface area (Å²) in [4.78, 5) is 0. The first-order chi connectivity index (χ1) is 5.09. The highest BCUT2D eigenvalue weighted by atomic mass is 32.2. The molecule has 2 bridgehead atoms. The lowest BCUT2D eigenvalue weighted by Crippen LogP contribution is -2.44. The molecular weight excluding hydrogens is 152 g/mol. The van der Waals surface area contributed by atoms with Crippen molar-refractivity contribution in [3.63, 3.8) is 0 Å². The van der Waals surface area contributed by atoms with Crippen molar-refractivity contribution in [2.75, 3.05) is 0 Å². The molecule has 3 aliphatic rings. The molecule has 0 nitrogen and oxygen atoms in total. The average molecular weight is 170 g/mol. The second-order valence-corrected chi connectivity index (χ2v) is 6.64. The zero-order valence-electron chi connectivity index (χ0n) is 7.76. The van der Waals surface area contributed by atoms with Gasteiger partial charge in [-0.25, -0.2) is 0 Å². The summed E-state index contributed by atoms with van der Waals surface area (Å²) in [7, 11) is 0. The highest BCUT2D eigenvalue weighted by Crippen LogP contribution is 2.54. The summed E-state index contributed by atoms with van der Waals surface area (Å²) in [5, 5.41) is 0.981. The summed E-state index contributed by atoms with van der Waals surface area (Å²) in [6.45, 7) is 7.29. The molecule has 2 aliphatic heterocycles. The molecule has 0 aromatic rings. The van der Waals surface area contributed by atoms with Crippen LogP contribution in [0.3, 0.4) is 0 Å². The van der Waals surface area contributed by atoms with E-state index >= 15 is 0 Å². The van der Waals surface area contributed by atoms with E-state index in [0.29, 0.717) is 4.75 Å². The van der Waals surface area contributed by atoms with Gasteiger partial charge in [0, 0.05) is 10.00 Å². The summed E-state index contributed by atoms with van der Waals surface area (Å²) in [6, 6.07) is 0. The number of thioether (sulfide) groups is 1. The molecule has 64 valence electrons. The van der Waals surface area contributed by atoms with E-state index in [4.69, 9.17) is 0 Å². The maximum absolute atomic E-state index is 2.43. The first kappa shape index (κ1) is 7.97. The van der Waals surface area contributed by atoms with Crippen LogP contribution in [0.15, 0.2) is 0 Å². The van der Waals surface area contributed by atoms with Gasteiger partial charge in [0.2, 0.25) is 0 Å². The average Bonchev–Trinajstić information content (AvgIpc) is 1.90. The molecule has 1 saturated carbocycles. The Kier molecular flexibility index (Phi) is 1.75. The molecule has 3 unspecified atom stereocenters. The zero-order chi connectivity index (χ0) is 8.06. The largest absolute Gasteiger partial charge is 0.152 e. The predicted molar refractivity (Wildman–Crippen MR) is 52.0 cm³/mol. The first-order valence-corrected chi connectivity index (χ1v) is 5.65. The second-order valence-electron chi connectivity index (χ2n) is 4.75. The van der Waals surface area contributed by atoms with Gasteiger partial charge in [0.05, 0.1) is 0 Å². The van der Waals surface area contributed by atoms with Crippen LogP contribution < -0.4 is 0 Å². The Hall–Kier alpha value is 0.350. The summed E-state index contributed by atoms with van der Waals surface area (Å²) in [5.41, 5.74) is 0. The lowest BCUT2D eigenvalue weighted by molar-refractivity contribution is 0.226. The molecule has 0 N–H and O–H groups in total. The van der Waals surface area contributed by atoms with Crippen LogP contribution in [-0.4, -0.2) is 10.00 Å². The molecule has 1 aliphatic carbocycles. The Morgan fingerprint density at radius 2 is 2.00 bits per heavy atom. The smallest absolute Gasteiger partial charge is 0.0134 e. The van der Waals surface area contributed by atoms with Gasteiger partial charge in [0.15, 0.2) is 0 Å². The van der Waals surface area contributed by atoms with Gasteiger partial charge < -0.3 is 0 Å². The quantitative estimate of drug-likeness (QED) is 0.537. The fourth-order valence-electron chi connectivity index (χ4n) is 2.66. The van der Waals surface area contributed by atoms with Crippen molar-refractivity contribution in [2.45, 2.75) is 50.0 Å². The minimum absolute atomic E-state index is 0.593. The SMILES string of the molecule is CC1CC2CCC1SC2(C)C. The van der Waals surface area contributed by atoms with Gasteiger partial charge in [-0.05, 0) is 31.1 Å². The Morgan fingerprint density at radius 1 is 1.27 bits per heavy atom. The summed E-state index contributed by atoms with van der Waals surface area (Å²) < 4.78 is 0.593. The summed E-state index contributed by atoms with van der Waals surface area (Å²) in [6.07, 6.45) is 4.47. The van der Waals surface area contributed by atoms with Gasteiger partial charge in [0.25, 0.3) is 0 Å². The molecule has 0 amide bonds. The maximum atomic E-state index is 2.43. The van der Waals surface area contributed by atoms with Crippen LogP contribution in [-0.2, 0) is 0 Å². The number of rotatable bonds is 0. The van der Waals surface area contributed by atoms with Gasteiger partial charge >= 0.3 is 0 Å². The van der Waals surface area contributed by atoms with E-state index in [-0.39, 0.29) is 0 Å². The number of hydrogen-bond donors (Lipinski definition) is 0. The summed E-state index contributed by atoms with van der Waals surface area (Å²) >= 11 is 2.25. The fraction of sp³-hybridized carbons (Fsp3) is 1.00. The molecule has 0 spiro atoms. The zero-order valence-corrected chi connectivity index (χ0v) is 8.58. The van der Waals surface area contributed by atoms with E-state index in [0.717, 1.165) is 17.1 Å². The van der Waals surface area contributed by atoms with E-state index in [1.54, 1.807) is 0 Å². The van der Waals surface area contributed by atoms with Crippen LogP contribution >= 0.6 is 11.8 Å². The fourth-order valence-corrected chi connectivity index (χ4v) is 4.45. The van der Waals surface area contributed by atoms with E-state index in [2.05, 4.69) is 32.5 Å². The van der Waals surface area contributed by atoms with Crippen molar-refractivity contribution < 1.29 is 0 Å². The molecule has 0 radical (unpaired) electrons. The van der Waals surface area contributed by atoms with E-state index < -0.39 is 0 Å². The molecule has 11 heavy (non-hydrogen) atoms. The first-order valence-electron chi connectivity index (χ1n) is 4.77. The maximum Gasteiger partial charge on any atom is 0.0134 e. The molecule has 0 aromatic heterocycles. The van der Waals surface area contributed by atoms with E-state index in [1.807, 2.05) is 0 Å². The summed E-state index contributed by atoms with van der Waals surface area (Å²) in [5.74, 6) is 2.00. The molecule has 3 rings (SSSR count). The molecule has 1 heteroatoms. The van der Waals surface area contributed by atoms with Crippen LogP contribution in [0.2, 0.25) is 0 Å². The van der Waals surface area contributed by atoms with Gasteiger partial charge in [-0.15, -0.1) is 0 Å². The molecule has 3 fully saturated rings. The minimum Gasteiger partial charge on any atom is -0.152 e. The molecule has 2 heterocycles. The van der Waals surface area contributed by atoms with E-state index in [9.17, 15) is 0 Å². The standard InChI is InChI=1S/C10H18S/c1-7-6-8-4-5-9(7)11-10(8,2)3/h7-9H,4-6H2,1-3H3. The van der Waals surface area contributed by atoms with Crippen LogP contribution in [0.4, 0.5) is 0 Å². The van der Waals surface area contributed by atoms with Crippen molar-refractivity contribution in [3.8, 4) is 0 Å². The third-order valence-electron chi connectivity index (χ3n) is 3.53. The monoisotopic (exact) mass is 170 g/mol. The number of hydrogen-bond acceptors (Lipinski definition) is 1. The Labute approximate surface area is 74.1 Å². The van der Waals surface area contributed by atoms with Crippen LogP contribution in [0.25, 0.3) is 0 Å². The van der Waals surface area contributed by atoms with E-state index in [1.165, 1.54) is 19.3 Å². The Balaban J connectivity index is 2.16. The highest BCUT2D eigenvalue weighted by Gasteiger charge is 2.44. The van der Waals surface area contributed by atoms with Crippen molar-refractivity contribution in [1.82, 2.24) is 0 Å². The normalized spacial score (nSPS) is 47.7. The van der Waals surface area contributed by atoms with Crippen LogP contribution in [0.1, 0.15) is 40.0 Å². The topological polar surface area (TPSA) is 0 Å². The highest BCUT2D eigenvalue weighted by molar-refractivity contribution is 8.01. The van der Waals surface area contributed by atoms with Gasteiger partial charge in [0.1, 0.15) is 0 Å². The number of fused-ring (bicyclic) bond motifs is 3. The van der Waals surface area contributed by atoms with Crippen molar-refractivity contribution >= 4 is 11.8 Å². The third kappa shape index (κ3) is 1.22. The van der Waals surface area contributed by atoms with Crippen molar-refractivity contribution in [1.29, 1.82) is 0 Å². The minimum atomic E-state index is 0.593. The lowest BCUT2D eigenvalue weighted by atomic mass is 9.75. The van der Waals surface area contributed by atoms with Crippen LogP contribution in [0.5, 0.6) is 0 Å². The van der Waals surface area contributed by atoms with Gasteiger partial charge in [-0.2, -0.15) is 11.8 Å². The van der Waals surface area contributed by atoms with Gasteiger partial charge in [-0.3, -0.25) is 0 Å². The molecule has 0 aromatic carbocycles. The van der Waals surface area contributed by atoms with Crippen molar-refractivity contribution in [2.24, 2.45) is 11.8 Å². The Morgan fingerprint density at radius 3 is 2.27 bits per heavy atom. The van der Waals surface area contributed by atoms with Crippen molar-refractivity contribution in [3.05, 3.63) is 0 Å². The molecule has 2 saturated heterocycles. The lowest BCUT2D eigenvalue weighted by Gasteiger charge is -2.50. The third-order valence-corrected chi connectivity index (χ3v) is 5.47. The molecular formula is C10H18S.